The van der Waals surface area contributed by atoms with Crippen molar-refractivity contribution in [3.63, 3.8) is 0 Å². The van der Waals surface area contributed by atoms with E-state index >= 15 is 0 Å². The van der Waals surface area contributed by atoms with Gasteiger partial charge in [-0.2, -0.15) is 0 Å². The van der Waals surface area contributed by atoms with E-state index in [1.165, 1.54) is 0 Å². The molecule has 8 fully saturated rings. The van der Waals surface area contributed by atoms with Gasteiger partial charge in [-0.1, -0.05) is 0 Å². The fourth-order valence-corrected chi connectivity index (χ4v) is 93.1. The normalized spacial score (nSPS) is 66.0. The van der Waals surface area contributed by atoms with Gasteiger partial charge in [0.15, 0.2) is 0 Å². The Kier molecular flexibility index (Phi) is 8.24. The monoisotopic (exact) mass is 936 g/mol. The largest absolute Gasteiger partial charge is 0.475 e. The zero-order valence-corrected chi connectivity index (χ0v) is 43.9. The highest BCUT2D eigenvalue weighted by Crippen LogP contribution is 2.50. The highest BCUT2D eigenvalue weighted by atomic mass is 28.6. The molecule has 14 atom stereocenters. The Balaban J connectivity index is 1.52. The molecular weight excluding hydrogens is 893 g/mol. The van der Waals surface area contributed by atoms with Crippen LogP contribution in [0, 0.1) is 0 Å². The third-order valence-corrected chi connectivity index (χ3v) is 73.6. The van der Waals surface area contributed by atoms with Crippen LogP contribution in [-0.2, 0) is 82.3 Å². The molecule has 0 aromatic carbocycles. The van der Waals surface area contributed by atoms with E-state index in [1.54, 1.807) is 78.6 Å². The van der Waals surface area contributed by atoms with Gasteiger partial charge in [-0.05, 0) is 13.1 Å². The van der Waals surface area contributed by atoms with Crippen LogP contribution in [0.2, 0.25) is 97.3 Å². The van der Waals surface area contributed by atoms with E-state index in [0.717, 1.165) is 0 Å². The molecule has 8 rings (SSSR count). The Labute approximate surface area is 300 Å². The van der Waals surface area contributed by atoms with Gasteiger partial charge in [-0.3, -0.25) is 0 Å². The summed E-state index contributed by atoms with van der Waals surface area (Å²) >= 11 is 0. The van der Waals surface area contributed by atoms with Crippen LogP contribution < -0.4 is 0 Å². The summed E-state index contributed by atoms with van der Waals surface area (Å²) < 4.78 is 140. The molecule has 14 bridgehead atoms. The molecule has 0 spiro atoms. The quantitative estimate of drug-likeness (QED) is 0.321. The van der Waals surface area contributed by atoms with Gasteiger partial charge in [0, 0.05) is 84.2 Å². The molecule has 8 aliphatic heterocycles. The number of rotatable bonds is 0. The maximum atomic E-state index is 7.18. The smallest absolute Gasteiger partial charge is 0.395 e. The summed E-state index contributed by atoms with van der Waals surface area (Å²) in [5.74, 6) is 0. The number of fused-ring (bicyclic) bond motifs is 6. The maximum absolute atomic E-state index is 7.18. The predicted octanol–water partition coefficient (Wildman–Crippen LogP) is 1.93. The van der Waals surface area contributed by atoms with Crippen LogP contribution in [0.3, 0.4) is 0 Å². The first-order chi connectivity index (χ1) is 21.8. The zero-order valence-electron chi connectivity index (χ0n) is 29.9. The summed E-state index contributed by atoms with van der Waals surface area (Å²) in [7, 11) is -55.2. The van der Waals surface area contributed by atoms with E-state index in [9.17, 15) is 0 Å². The SMILES string of the molecule is C[Si]12C[Si]3(C)O[Si]4(C)O[Si]5(C)O[Si](C)(O1)O[Si]1(C)O[Si](C)(O2)O[Si]2(C)O[Si](C)(O3)O[Si]3(C)O[Si](C)(O4)O[Si](C)(O5)O[Si](C)(O3)O[Si](C)(O1)O2. The molecular formula is C15H44O20Si14. The van der Waals surface area contributed by atoms with E-state index in [-0.39, 0.29) is 5.67 Å². The second kappa shape index (κ2) is 10.6. The summed E-state index contributed by atoms with van der Waals surface area (Å²) in [4.78, 5) is 0. The maximum Gasteiger partial charge on any atom is 0.475 e. The fraction of sp³-hybridized carbons (Fsp3) is 1.00. The third kappa shape index (κ3) is 7.11. The topological polar surface area (TPSA) is 185 Å². The summed E-state index contributed by atoms with van der Waals surface area (Å²) in [6.45, 7) is 24.5. The van der Waals surface area contributed by atoms with Gasteiger partial charge in [0.05, 0.1) is 0 Å². The van der Waals surface area contributed by atoms with Crippen molar-refractivity contribution in [2.24, 2.45) is 0 Å². The lowest BCUT2D eigenvalue weighted by molar-refractivity contribution is 0.00222. The first-order valence-electron chi connectivity index (χ1n) is 15.9. The van der Waals surface area contributed by atoms with Crippen LogP contribution in [0.25, 0.3) is 0 Å². The van der Waals surface area contributed by atoms with Crippen molar-refractivity contribution in [1.82, 2.24) is 0 Å². The van der Waals surface area contributed by atoms with Crippen molar-refractivity contribution in [3.8, 4) is 0 Å². The molecule has 0 saturated carbocycles. The molecule has 0 amide bonds. The van der Waals surface area contributed by atoms with Crippen LogP contribution in [0.5, 0.6) is 0 Å². The summed E-state index contributed by atoms with van der Waals surface area (Å²) in [6, 6.07) is 0. The van der Waals surface area contributed by atoms with Gasteiger partial charge in [-0.15, -0.1) is 0 Å². The molecule has 34 heteroatoms. The van der Waals surface area contributed by atoms with Gasteiger partial charge in [0.2, 0.25) is 0 Å². The van der Waals surface area contributed by atoms with Gasteiger partial charge in [0.1, 0.15) is 0 Å². The summed E-state index contributed by atoms with van der Waals surface area (Å²) in [5.41, 5.74) is 0.170. The van der Waals surface area contributed by atoms with Crippen molar-refractivity contribution in [3.05, 3.63) is 0 Å². The molecule has 49 heavy (non-hydrogen) atoms. The Morgan fingerprint density at radius 3 is 0.408 bits per heavy atom. The highest BCUT2D eigenvalue weighted by Gasteiger charge is 2.79. The molecule has 8 saturated heterocycles. The Hall–Kier alpha value is 2.24. The second-order valence-electron chi connectivity index (χ2n) is 14.8. The lowest BCUT2D eigenvalue weighted by atomic mass is 11.8. The number of hydrogen-bond donors (Lipinski definition) is 0. The Morgan fingerprint density at radius 1 is 0.184 bits per heavy atom. The predicted molar refractivity (Wildman–Crippen MR) is 189 cm³/mol. The molecule has 0 N–H and O–H groups in total. The van der Waals surface area contributed by atoms with Crippen LogP contribution in [0.4, 0.5) is 0 Å². The summed E-state index contributed by atoms with van der Waals surface area (Å²) in [5, 5.41) is 0. The lowest BCUT2D eigenvalue weighted by Crippen LogP contribution is -2.85. The minimum atomic E-state index is -4.08. The average molecular weight is 938 g/mol. The average Bonchev–Trinajstić information content (AvgIpc) is 2.65. The fourth-order valence-electron chi connectivity index (χ4n) is 8.48. The number of hydrogen-bond acceptors (Lipinski definition) is 20. The molecule has 14 unspecified atom stereocenters. The Morgan fingerprint density at radius 2 is 0.286 bits per heavy atom. The van der Waals surface area contributed by atoms with Crippen molar-refractivity contribution in [2.45, 2.75) is 97.3 Å². The van der Waals surface area contributed by atoms with E-state index in [0.29, 0.717) is 0 Å². The molecule has 0 aromatic rings. The molecule has 0 aliphatic carbocycles. The Bertz CT molecular complexity index is 1280. The zero-order chi connectivity index (χ0) is 35.8. The van der Waals surface area contributed by atoms with E-state index in [4.69, 9.17) is 82.3 Å². The standard InChI is InChI=1S/C15H44O20Si14/c1-36-15-37(2)18-40(5)24-43(8)22-38(3,16-36)20-42(7)21-39(4,17-36)23-44(9)25-41(6,19-37)26-45(10)31-46(11,27-40)33-49(14,34-47(12,28-42)29-43)35-48(13,30-44)32-45/h15H2,1-14H3. The third-order valence-electron chi connectivity index (χ3n) is 8.18. The summed E-state index contributed by atoms with van der Waals surface area (Å²) in [6.07, 6.45) is 0. The van der Waals surface area contributed by atoms with Crippen LogP contribution >= 0.6 is 0 Å². The molecule has 20 nitrogen and oxygen atoms in total. The minimum Gasteiger partial charge on any atom is -0.395 e. The molecule has 8 aliphatic rings. The first-order valence-corrected chi connectivity index (χ1v) is 47.6. The van der Waals surface area contributed by atoms with Gasteiger partial charge in [-0.25, -0.2) is 0 Å². The minimum absolute atomic E-state index is 0.170. The molecule has 0 radical (unpaired) electrons. The van der Waals surface area contributed by atoms with E-state index < -0.39 is 123 Å². The highest BCUT2D eigenvalue weighted by molar-refractivity contribution is 7.05. The van der Waals surface area contributed by atoms with Crippen LogP contribution in [0.1, 0.15) is 0 Å². The molecule has 280 valence electrons. The van der Waals surface area contributed by atoms with Gasteiger partial charge < -0.3 is 82.3 Å². The van der Waals surface area contributed by atoms with E-state index in [1.807, 2.05) is 13.1 Å². The molecule has 8 heterocycles. The van der Waals surface area contributed by atoms with Crippen molar-refractivity contribution < 1.29 is 82.3 Å². The van der Waals surface area contributed by atoms with Gasteiger partial charge >= 0.3 is 123 Å². The van der Waals surface area contributed by atoms with Crippen molar-refractivity contribution in [2.75, 3.05) is 0 Å². The van der Waals surface area contributed by atoms with Crippen molar-refractivity contribution >= 4 is 123 Å². The second-order valence-corrected chi connectivity index (χ2v) is 57.8. The molecule has 0 aromatic heterocycles. The van der Waals surface area contributed by atoms with Gasteiger partial charge in [0.25, 0.3) is 0 Å². The van der Waals surface area contributed by atoms with Crippen molar-refractivity contribution in [1.29, 1.82) is 0 Å². The van der Waals surface area contributed by atoms with Crippen LogP contribution in [-0.4, -0.2) is 123 Å². The first kappa shape index (κ1) is 38.1. The van der Waals surface area contributed by atoms with Crippen LogP contribution in [0.15, 0.2) is 0 Å². The van der Waals surface area contributed by atoms with E-state index in [2.05, 4.69) is 0 Å². The lowest BCUT2D eigenvalue weighted by Gasteiger charge is -2.60.